The molecule has 0 bridgehead atoms. The first-order valence-electron chi connectivity index (χ1n) is 6.59. The minimum atomic E-state index is -1.04. The van der Waals surface area contributed by atoms with Crippen LogP contribution in [-0.4, -0.2) is 30.3 Å². The lowest BCUT2D eigenvalue weighted by Gasteiger charge is -2.22. The van der Waals surface area contributed by atoms with Crippen molar-refractivity contribution in [2.75, 3.05) is 13.2 Å². The first-order valence-corrected chi connectivity index (χ1v) is 6.59. The number of nitrogens with one attached hydrogen (secondary N) is 1. The average molecular weight is 269 g/mol. The molecule has 19 heavy (non-hydrogen) atoms. The number of carboxylic acid groups (broad SMARTS) is 1. The van der Waals surface area contributed by atoms with Gasteiger partial charge >= 0.3 is 5.97 Å². The van der Waals surface area contributed by atoms with Gasteiger partial charge in [0.1, 0.15) is 5.76 Å². The Morgan fingerprint density at radius 3 is 2.68 bits per heavy atom. The minimum absolute atomic E-state index is 0.0137. The van der Waals surface area contributed by atoms with Crippen molar-refractivity contribution < 1.29 is 19.1 Å². The van der Waals surface area contributed by atoms with Crippen LogP contribution in [0.15, 0.2) is 10.5 Å². The Bertz CT molecular complexity index is 412. The summed E-state index contributed by atoms with van der Waals surface area (Å²) in [7, 11) is 0. The van der Waals surface area contributed by atoms with E-state index in [1.165, 1.54) is 0 Å². The molecule has 5 heteroatoms. The number of carboxylic acids is 1. The molecule has 0 saturated carbocycles. The maximum atomic E-state index is 10.8. The third-order valence-corrected chi connectivity index (χ3v) is 3.09. The SMILES string of the molecule is CCOCC(NCc1cc(C(=O)O)oc1C)C(C)C. The number of hydrogen-bond acceptors (Lipinski definition) is 4. The van der Waals surface area contributed by atoms with Crippen molar-refractivity contribution in [1.29, 1.82) is 0 Å². The van der Waals surface area contributed by atoms with Crippen LogP contribution in [-0.2, 0) is 11.3 Å². The molecule has 1 unspecified atom stereocenters. The zero-order valence-electron chi connectivity index (χ0n) is 12.0. The standard InChI is InChI=1S/C14H23NO4/c1-5-18-8-12(9(2)3)15-7-11-6-13(14(16)17)19-10(11)4/h6,9,12,15H,5,7-8H2,1-4H3,(H,16,17). The molecule has 1 aromatic heterocycles. The zero-order valence-corrected chi connectivity index (χ0v) is 12.0. The van der Waals surface area contributed by atoms with Crippen LogP contribution in [0.2, 0.25) is 0 Å². The topological polar surface area (TPSA) is 71.7 Å². The maximum absolute atomic E-state index is 10.8. The van der Waals surface area contributed by atoms with Crippen LogP contribution in [0, 0.1) is 12.8 Å². The highest BCUT2D eigenvalue weighted by molar-refractivity contribution is 5.84. The fraction of sp³-hybridized carbons (Fsp3) is 0.643. The second-order valence-corrected chi connectivity index (χ2v) is 4.89. The summed E-state index contributed by atoms with van der Waals surface area (Å²) in [6.45, 7) is 9.92. The molecule has 0 spiro atoms. The van der Waals surface area contributed by atoms with E-state index in [1.807, 2.05) is 6.92 Å². The molecule has 1 atom stereocenters. The average Bonchev–Trinajstić information content (AvgIpc) is 2.71. The van der Waals surface area contributed by atoms with Crippen LogP contribution in [0.1, 0.15) is 42.6 Å². The molecule has 0 fully saturated rings. The maximum Gasteiger partial charge on any atom is 0.371 e. The van der Waals surface area contributed by atoms with Crippen LogP contribution >= 0.6 is 0 Å². The van der Waals surface area contributed by atoms with Gasteiger partial charge in [-0.15, -0.1) is 0 Å². The van der Waals surface area contributed by atoms with Crippen LogP contribution in [0.5, 0.6) is 0 Å². The number of furan rings is 1. The predicted octanol–water partition coefficient (Wildman–Crippen LogP) is 2.44. The Morgan fingerprint density at radius 1 is 1.53 bits per heavy atom. The van der Waals surface area contributed by atoms with Gasteiger partial charge in [0.25, 0.3) is 0 Å². The van der Waals surface area contributed by atoms with Crippen LogP contribution < -0.4 is 5.32 Å². The highest BCUT2D eigenvalue weighted by Crippen LogP contribution is 2.15. The molecular weight excluding hydrogens is 246 g/mol. The van der Waals surface area contributed by atoms with Gasteiger partial charge in [0.05, 0.1) is 6.61 Å². The molecule has 1 rings (SSSR count). The van der Waals surface area contributed by atoms with Gasteiger partial charge in [-0.2, -0.15) is 0 Å². The van der Waals surface area contributed by atoms with E-state index in [4.69, 9.17) is 14.3 Å². The van der Waals surface area contributed by atoms with Crippen molar-refractivity contribution in [2.24, 2.45) is 5.92 Å². The van der Waals surface area contributed by atoms with E-state index < -0.39 is 5.97 Å². The van der Waals surface area contributed by atoms with E-state index in [2.05, 4.69) is 19.2 Å². The molecule has 0 aliphatic carbocycles. The lowest BCUT2D eigenvalue weighted by molar-refractivity contribution is 0.0661. The summed E-state index contributed by atoms with van der Waals surface area (Å²) >= 11 is 0. The summed E-state index contributed by atoms with van der Waals surface area (Å²) in [5.41, 5.74) is 0.875. The van der Waals surface area contributed by atoms with Gasteiger partial charge in [0.2, 0.25) is 5.76 Å². The largest absolute Gasteiger partial charge is 0.475 e. The summed E-state index contributed by atoms with van der Waals surface area (Å²) in [4.78, 5) is 10.8. The van der Waals surface area contributed by atoms with Crippen molar-refractivity contribution in [1.82, 2.24) is 5.32 Å². The molecule has 0 aromatic carbocycles. The Labute approximate surface area is 113 Å². The summed E-state index contributed by atoms with van der Waals surface area (Å²) in [6, 6.07) is 1.81. The highest BCUT2D eigenvalue weighted by atomic mass is 16.5. The number of carbonyl (C=O) groups is 1. The molecule has 2 N–H and O–H groups in total. The Hall–Kier alpha value is -1.33. The van der Waals surface area contributed by atoms with Gasteiger partial charge in [-0.25, -0.2) is 4.79 Å². The lowest BCUT2D eigenvalue weighted by atomic mass is 10.0. The third-order valence-electron chi connectivity index (χ3n) is 3.09. The number of aromatic carboxylic acids is 1. The van der Waals surface area contributed by atoms with E-state index >= 15 is 0 Å². The second kappa shape index (κ2) is 7.31. The quantitative estimate of drug-likeness (QED) is 0.758. The predicted molar refractivity (Wildman–Crippen MR) is 72.4 cm³/mol. The van der Waals surface area contributed by atoms with Crippen molar-refractivity contribution in [2.45, 2.75) is 40.3 Å². The molecular formula is C14H23NO4. The summed E-state index contributed by atoms with van der Waals surface area (Å²) in [6.07, 6.45) is 0. The second-order valence-electron chi connectivity index (χ2n) is 4.89. The first kappa shape index (κ1) is 15.7. The monoisotopic (exact) mass is 269 g/mol. The van der Waals surface area contributed by atoms with Crippen molar-refractivity contribution in [3.05, 3.63) is 23.2 Å². The van der Waals surface area contributed by atoms with Crippen molar-refractivity contribution in [3.63, 3.8) is 0 Å². The van der Waals surface area contributed by atoms with Gasteiger partial charge in [0.15, 0.2) is 0 Å². The minimum Gasteiger partial charge on any atom is -0.475 e. The molecule has 0 aliphatic rings. The van der Waals surface area contributed by atoms with Crippen molar-refractivity contribution >= 4 is 5.97 Å². The number of aryl methyl sites for hydroxylation is 1. The molecule has 1 aromatic rings. The Balaban J connectivity index is 2.60. The molecule has 5 nitrogen and oxygen atoms in total. The van der Waals surface area contributed by atoms with Gasteiger partial charge in [-0.1, -0.05) is 13.8 Å². The summed E-state index contributed by atoms with van der Waals surface area (Å²) < 4.78 is 10.6. The van der Waals surface area contributed by atoms with Crippen LogP contribution in [0.25, 0.3) is 0 Å². The van der Waals surface area contributed by atoms with E-state index in [-0.39, 0.29) is 11.8 Å². The lowest BCUT2D eigenvalue weighted by Crippen LogP contribution is -2.37. The van der Waals surface area contributed by atoms with Gasteiger partial charge in [-0.05, 0) is 25.8 Å². The normalized spacial score (nSPS) is 12.9. The fourth-order valence-electron chi connectivity index (χ4n) is 1.77. The van der Waals surface area contributed by atoms with Crippen molar-refractivity contribution in [3.8, 4) is 0 Å². The number of rotatable bonds is 8. The van der Waals surface area contributed by atoms with E-state index in [0.717, 1.165) is 5.56 Å². The summed E-state index contributed by atoms with van der Waals surface area (Å²) in [5, 5.41) is 12.3. The first-order chi connectivity index (χ1) is 8.95. The fourth-order valence-corrected chi connectivity index (χ4v) is 1.77. The zero-order chi connectivity index (χ0) is 14.4. The van der Waals surface area contributed by atoms with E-state index in [9.17, 15) is 4.79 Å². The molecule has 0 aliphatic heterocycles. The number of ether oxygens (including phenoxy) is 1. The molecule has 0 saturated heterocycles. The molecule has 0 amide bonds. The van der Waals surface area contributed by atoms with E-state index in [1.54, 1.807) is 13.0 Å². The molecule has 0 radical (unpaired) electrons. The van der Waals surface area contributed by atoms with Crippen LogP contribution in [0.3, 0.4) is 0 Å². The Morgan fingerprint density at radius 2 is 2.21 bits per heavy atom. The van der Waals surface area contributed by atoms with Gasteiger partial charge < -0.3 is 19.6 Å². The third kappa shape index (κ3) is 4.69. The van der Waals surface area contributed by atoms with E-state index in [0.29, 0.717) is 31.4 Å². The molecule has 108 valence electrons. The highest BCUT2D eigenvalue weighted by Gasteiger charge is 2.16. The molecule has 1 heterocycles. The van der Waals surface area contributed by atoms with Crippen LogP contribution in [0.4, 0.5) is 0 Å². The van der Waals surface area contributed by atoms with Gasteiger partial charge in [0, 0.05) is 24.8 Å². The van der Waals surface area contributed by atoms with Gasteiger partial charge in [-0.3, -0.25) is 0 Å². The Kier molecular flexibility index (Phi) is 6.05. The summed E-state index contributed by atoms with van der Waals surface area (Å²) in [5.74, 6) is 0.0331. The smallest absolute Gasteiger partial charge is 0.371 e. The number of hydrogen-bond donors (Lipinski definition) is 2.